The van der Waals surface area contributed by atoms with Crippen LogP contribution in [0.3, 0.4) is 0 Å². The lowest BCUT2D eigenvalue weighted by Gasteiger charge is -2.17. The number of carbonyl (C=O) groups excluding carboxylic acids is 1. The molecule has 0 saturated carbocycles. The fourth-order valence-corrected chi connectivity index (χ4v) is 2.57. The van der Waals surface area contributed by atoms with Crippen molar-refractivity contribution in [2.75, 3.05) is 26.2 Å². The predicted molar refractivity (Wildman–Crippen MR) is 97.5 cm³/mol. The molecule has 0 radical (unpaired) electrons. The van der Waals surface area contributed by atoms with Crippen LogP contribution in [0.5, 0.6) is 0 Å². The molecule has 5 nitrogen and oxygen atoms in total. The number of aliphatic hydroxyl groups is 1. The highest BCUT2D eigenvalue weighted by Crippen LogP contribution is 2.27. The summed E-state index contributed by atoms with van der Waals surface area (Å²) < 4.78 is 10.8. The van der Waals surface area contributed by atoms with Crippen molar-refractivity contribution >= 4 is 17.6 Å². The number of hydrogen-bond acceptors (Lipinski definition) is 5. The van der Waals surface area contributed by atoms with Crippen molar-refractivity contribution in [1.29, 1.82) is 0 Å². The Morgan fingerprint density at radius 3 is 2.52 bits per heavy atom. The van der Waals surface area contributed by atoms with Crippen molar-refractivity contribution in [2.45, 2.75) is 26.4 Å². The van der Waals surface area contributed by atoms with Crippen LogP contribution >= 0.6 is 11.6 Å². The van der Waals surface area contributed by atoms with Crippen LogP contribution in [-0.2, 0) is 9.53 Å². The standard InChI is InChI=1S/C19H24ClNO4/c1-3-21(4-2)11-12-24-19(23)13-16(22)18-10-9-17(25-18)14-5-7-15(20)8-6-14/h5-10,16,22H,3-4,11-13H2,1-2H3. The van der Waals surface area contributed by atoms with Crippen molar-refractivity contribution in [2.24, 2.45) is 0 Å². The maximum atomic E-state index is 11.8. The number of ether oxygens (including phenoxy) is 1. The van der Waals surface area contributed by atoms with E-state index in [9.17, 15) is 9.90 Å². The largest absolute Gasteiger partial charge is 0.464 e. The van der Waals surface area contributed by atoms with Crippen LogP contribution in [0.1, 0.15) is 32.1 Å². The maximum Gasteiger partial charge on any atom is 0.308 e. The molecule has 1 aromatic carbocycles. The highest BCUT2D eigenvalue weighted by atomic mass is 35.5. The topological polar surface area (TPSA) is 62.9 Å². The zero-order valence-corrected chi connectivity index (χ0v) is 15.3. The summed E-state index contributed by atoms with van der Waals surface area (Å²) in [7, 11) is 0. The molecule has 2 rings (SSSR count). The van der Waals surface area contributed by atoms with Crippen molar-refractivity contribution in [3.8, 4) is 11.3 Å². The lowest BCUT2D eigenvalue weighted by atomic mass is 10.2. The third kappa shape index (κ3) is 5.88. The highest BCUT2D eigenvalue weighted by molar-refractivity contribution is 6.30. The first kappa shape index (κ1) is 19.5. The predicted octanol–water partition coefficient (Wildman–Crippen LogP) is 3.91. The molecule has 136 valence electrons. The van der Waals surface area contributed by atoms with E-state index in [1.54, 1.807) is 24.3 Å². The number of benzene rings is 1. The Morgan fingerprint density at radius 1 is 1.20 bits per heavy atom. The molecule has 0 aliphatic carbocycles. The monoisotopic (exact) mass is 365 g/mol. The summed E-state index contributed by atoms with van der Waals surface area (Å²) in [4.78, 5) is 14.0. The van der Waals surface area contributed by atoms with E-state index in [2.05, 4.69) is 18.7 Å². The van der Waals surface area contributed by atoms with Crippen LogP contribution in [0, 0.1) is 0 Å². The van der Waals surface area contributed by atoms with E-state index in [1.807, 2.05) is 12.1 Å². The van der Waals surface area contributed by atoms with E-state index >= 15 is 0 Å². The van der Waals surface area contributed by atoms with Gasteiger partial charge in [0.05, 0.1) is 6.42 Å². The Hall–Kier alpha value is -1.82. The number of aliphatic hydroxyl groups excluding tert-OH is 1. The molecular formula is C19H24ClNO4. The number of furan rings is 1. The molecule has 0 aliphatic rings. The third-order valence-electron chi connectivity index (χ3n) is 4.01. The summed E-state index contributed by atoms with van der Waals surface area (Å²) in [6.45, 7) is 6.96. The summed E-state index contributed by atoms with van der Waals surface area (Å²) in [6.07, 6.45) is -1.16. The number of carbonyl (C=O) groups is 1. The van der Waals surface area contributed by atoms with Gasteiger partial charge in [0, 0.05) is 17.1 Å². The molecule has 0 saturated heterocycles. The minimum Gasteiger partial charge on any atom is -0.464 e. The molecule has 2 aromatic rings. The molecule has 0 bridgehead atoms. The zero-order valence-electron chi connectivity index (χ0n) is 14.6. The van der Waals surface area contributed by atoms with Crippen molar-refractivity contribution in [3.05, 3.63) is 47.2 Å². The van der Waals surface area contributed by atoms with E-state index in [-0.39, 0.29) is 6.42 Å². The van der Waals surface area contributed by atoms with E-state index in [4.69, 9.17) is 20.8 Å². The number of nitrogens with zero attached hydrogens (tertiary/aromatic N) is 1. The van der Waals surface area contributed by atoms with Gasteiger partial charge in [0.2, 0.25) is 0 Å². The van der Waals surface area contributed by atoms with Gasteiger partial charge >= 0.3 is 5.97 Å². The second kappa shape index (κ2) is 9.61. The summed E-state index contributed by atoms with van der Waals surface area (Å²) in [5.41, 5.74) is 0.852. The first-order valence-corrected chi connectivity index (χ1v) is 8.83. The van der Waals surface area contributed by atoms with Crippen LogP contribution in [0.4, 0.5) is 0 Å². The number of esters is 1. The van der Waals surface area contributed by atoms with Gasteiger partial charge < -0.3 is 19.2 Å². The van der Waals surface area contributed by atoms with E-state index < -0.39 is 12.1 Å². The fourth-order valence-electron chi connectivity index (χ4n) is 2.45. The Morgan fingerprint density at radius 2 is 1.88 bits per heavy atom. The molecule has 0 fully saturated rings. The van der Waals surface area contributed by atoms with Gasteiger partial charge in [0.25, 0.3) is 0 Å². The molecular weight excluding hydrogens is 342 g/mol. The Balaban J connectivity index is 1.85. The van der Waals surface area contributed by atoms with Gasteiger partial charge in [-0.25, -0.2) is 0 Å². The van der Waals surface area contributed by atoms with Crippen LogP contribution in [0.15, 0.2) is 40.8 Å². The van der Waals surface area contributed by atoms with Crippen LogP contribution < -0.4 is 0 Å². The van der Waals surface area contributed by atoms with Gasteiger partial charge in [0.15, 0.2) is 0 Å². The van der Waals surface area contributed by atoms with E-state index in [0.717, 1.165) is 18.7 Å². The average Bonchev–Trinajstić information content (AvgIpc) is 3.09. The lowest BCUT2D eigenvalue weighted by Crippen LogP contribution is -2.28. The molecule has 1 aromatic heterocycles. The second-order valence-electron chi connectivity index (χ2n) is 5.68. The molecule has 25 heavy (non-hydrogen) atoms. The summed E-state index contributed by atoms with van der Waals surface area (Å²) in [5, 5.41) is 10.8. The molecule has 0 aliphatic heterocycles. The number of likely N-dealkylation sites (N-methyl/N-ethyl adjacent to an activating group) is 1. The van der Waals surface area contributed by atoms with Gasteiger partial charge in [0.1, 0.15) is 24.2 Å². The second-order valence-corrected chi connectivity index (χ2v) is 6.11. The Labute approximate surface area is 153 Å². The van der Waals surface area contributed by atoms with Crippen LogP contribution in [-0.4, -0.2) is 42.2 Å². The lowest BCUT2D eigenvalue weighted by molar-refractivity contribution is -0.146. The Kier molecular flexibility index (Phi) is 7.50. The van der Waals surface area contributed by atoms with Crippen molar-refractivity contribution in [1.82, 2.24) is 4.90 Å². The minimum absolute atomic E-state index is 0.133. The molecule has 1 atom stereocenters. The minimum atomic E-state index is -1.03. The molecule has 6 heteroatoms. The first-order chi connectivity index (χ1) is 12.0. The number of halogens is 1. The van der Waals surface area contributed by atoms with Gasteiger partial charge in [-0.05, 0) is 49.5 Å². The number of rotatable bonds is 9. The van der Waals surface area contributed by atoms with Gasteiger partial charge in [-0.3, -0.25) is 4.79 Å². The Bertz CT molecular complexity index is 664. The van der Waals surface area contributed by atoms with Gasteiger partial charge in [-0.15, -0.1) is 0 Å². The molecule has 1 unspecified atom stereocenters. The SMILES string of the molecule is CCN(CC)CCOC(=O)CC(O)c1ccc(-c2ccc(Cl)cc2)o1. The summed E-state index contributed by atoms with van der Waals surface area (Å²) in [5.74, 6) is 0.510. The summed E-state index contributed by atoms with van der Waals surface area (Å²) in [6, 6.07) is 10.6. The molecule has 1 heterocycles. The number of hydrogen-bond donors (Lipinski definition) is 1. The highest BCUT2D eigenvalue weighted by Gasteiger charge is 2.18. The maximum absolute atomic E-state index is 11.8. The van der Waals surface area contributed by atoms with Gasteiger partial charge in [-0.1, -0.05) is 25.4 Å². The fraction of sp³-hybridized carbons (Fsp3) is 0.421. The molecule has 1 N–H and O–H groups in total. The molecule has 0 amide bonds. The van der Waals surface area contributed by atoms with Crippen molar-refractivity contribution < 1.29 is 19.1 Å². The molecule has 0 spiro atoms. The first-order valence-electron chi connectivity index (χ1n) is 8.45. The average molecular weight is 366 g/mol. The smallest absolute Gasteiger partial charge is 0.308 e. The van der Waals surface area contributed by atoms with Crippen LogP contribution in [0.2, 0.25) is 5.02 Å². The van der Waals surface area contributed by atoms with Crippen molar-refractivity contribution in [3.63, 3.8) is 0 Å². The third-order valence-corrected chi connectivity index (χ3v) is 4.26. The van der Waals surface area contributed by atoms with Gasteiger partial charge in [-0.2, -0.15) is 0 Å². The summed E-state index contributed by atoms with van der Waals surface area (Å²) >= 11 is 5.87. The van der Waals surface area contributed by atoms with E-state index in [1.165, 1.54) is 0 Å². The van der Waals surface area contributed by atoms with E-state index in [0.29, 0.717) is 29.7 Å². The quantitative estimate of drug-likeness (QED) is 0.682. The normalized spacial score (nSPS) is 12.4. The zero-order chi connectivity index (χ0) is 18.2. The van der Waals surface area contributed by atoms with Crippen LogP contribution in [0.25, 0.3) is 11.3 Å².